The van der Waals surface area contributed by atoms with Crippen molar-refractivity contribution in [3.8, 4) is 57.1 Å². The van der Waals surface area contributed by atoms with E-state index in [1.807, 2.05) is 13.8 Å². The normalized spacial score (nSPS) is 30.1. The maximum Gasteiger partial charge on any atom is 0.295 e. The van der Waals surface area contributed by atoms with Gasteiger partial charge in [0, 0.05) is 60.4 Å². The minimum Gasteiger partial charge on any atom is -0.507 e. The van der Waals surface area contributed by atoms with Crippen LogP contribution in [0.3, 0.4) is 0 Å². The predicted octanol–water partition coefficient (Wildman–Crippen LogP) is 4.23. The Labute approximate surface area is 724 Å². The second kappa shape index (κ2) is 42.1. The molecule has 38 heteroatoms. The Morgan fingerprint density at radius 1 is 0.685 bits per heavy atom. The molecule has 21 N–H and O–H groups in total. The minimum atomic E-state index is -2.28. The van der Waals surface area contributed by atoms with Gasteiger partial charge in [0.25, 0.3) is 6.47 Å². The number of aromatic hydroxyl groups is 3. The van der Waals surface area contributed by atoms with Gasteiger partial charge in [0.05, 0.1) is 58.9 Å². The van der Waals surface area contributed by atoms with Gasteiger partial charge in [-0.05, 0) is 122 Å². The van der Waals surface area contributed by atoms with E-state index in [2.05, 4.69) is 38.8 Å². The molecule has 678 valence electrons. The predicted molar refractivity (Wildman–Crippen MR) is 439 cm³/mol. The third kappa shape index (κ3) is 21.8. The van der Waals surface area contributed by atoms with Crippen LogP contribution >= 0.6 is 23.2 Å². The van der Waals surface area contributed by atoms with Gasteiger partial charge in [0.15, 0.2) is 41.7 Å². The van der Waals surface area contributed by atoms with E-state index in [9.17, 15) is 80.8 Å². The number of ketones is 2. The summed E-state index contributed by atoms with van der Waals surface area (Å²) in [5.74, 6) is -17.9. The number of nitrogens with two attached hydrogens (primary N) is 1. The Morgan fingerprint density at radius 3 is 1.92 bits per heavy atom. The van der Waals surface area contributed by atoms with Gasteiger partial charge >= 0.3 is 0 Å². The molecule has 8 heterocycles. The number of unbranched alkanes of at least 4 members (excludes halogenated alkanes) is 7. The summed E-state index contributed by atoms with van der Waals surface area (Å²) in [5, 5.41) is 167. The smallest absolute Gasteiger partial charge is 0.295 e. The van der Waals surface area contributed by atoms with Crippen LogP contribution in [0.15, 0.2) is 72.8 Å². The number of halogens is 2. The standard InChI is InChI=1S/C86H111Cl2N7O29/c1-7-9-10-11-12-13-14-15-22-91-86(6)33-63(118-39(5)78(86)111)123-77-75(110)73(108)61(36-97)122-85(77)124-76-58-28-44-29-59(76)120-57-21-18-43(26-51(57)88)70(105)67-82(115)95-83(117-37-98)48-32-53(100)49(34-90-68-74(109)72(107)60(35-96)121-84(68)116)71(106)64(48)47-24-41(16-19-52(47)99)46(81(114)94-67)31-55(102)65(44)92-80(113)45(30-62(89)103)27-54(101)66(93-79(112)40(8-2)23-38(3)4)69(104)42-17-20-56(119-58)50(87)25-42/h16-21,24-26,28-29,32,37-40,45-46,60-61,63,65-70,72-75,77-78,83-85,90-91,96-97,99-100,104-111,116H,7-15,22-23,27,30-31,33-36H2,1-6H3,(H2,89,103)(H,92,113)(H,93,112)(H,94,114)(H,95,115)/t39-,40+,45-,46-,60?,61+,63-,65+,66-,67-,68?,69+,70+,72-,73?,74+,75?,77+,78+,83+,84?,85-,86?/m0/s1. The first-order chi connectivity index (χ1) is 59.0. The zero-order valence-corrected chi connectivity index (χ0v) is 70.7. The fourth-order valence-electron chi connectivity index (χ4n) is 16.7. The molecule has 6 unspecified atom stereocenters. The van der Waals surface area contributed by atoms with Gasteiger partial charge in [-0.1, -0.05) is 114 Å². The summed E-state index contributed by atoms with van der Waals surface area (Å²) in [6.07, 6.45) is -20.7. The number of phenols is 3. The third-order valence-electron chi connectivity index (χ3n) is 23.7. The number of ether oxygens (including phenoxy) is 8. The number of aliphatic hydroxyl groups is 10. The van der Waals surface area contributed by atoms with Crippen molar-refractivity contribution in [2.75, 3.05) is 19.8 Å². The van der Waals surface area contributed by atoms with Crippen molar-refractivity contribution in [2.45, 2.75) is 266 Å². The summed E-state index contributed by atoms with van der Waals surface area (Å²) < 4.78 is 50.4. The highest BCUT2D eigenvalue weighted by Gasteiger charge is 2.53. The Morgan fingerprint density at radius 2 is 1.31 bits per heavy atom. The fourth-order valence-corrected chi connectivity index (χ4v) is 17.2. The fraction of sp³-hybridized carbons (Fsp3) is 0.558. The zero-order chi connectivity index (χ0) is 90.0. The first-order valence-corrected chi connectivity index (χ1v) is 42.4. The van der Waals surface area contributed by atoms with Crippen LogP contribution in [0.1, 0.15) is 195 Å². The number of carbonyl (C=O) groups is 8. The van der Waals surface area contributed by atoms with Crippen molar-refractivity contribution >= 4 is 70.8 Å². The van der Waals surface area contributed by atoms with Gasteiger partial charge in [-0.25, -0.2) is 0 Å². The highest BCUT2D eigenvalue weighted by atomic mass is 35.5. The van der Waals surface area contributed by atoms with Crippen LogP contribution in [0.4, 0.5) is 0 Å². The average molecular weight is 1780 g/mol. The van der Waals surface area contributed by atoms with Crippen LogP contribution in [0.5, 0.6) is 46.0 Å². The number of hydrogen-bond acceptors (Lipinski definition) is 31. The van der Waals surface area contributed by atoms with Crippen molar-refractivity contribution < 1.29 is 143 Å². The molecule has 0 saturated carbocycles. The van der Waals surface area contributed by atoms with Crippen molar-refractivity contribution in [1.29, 1.82) is 0 Å². The van der Waals surface area contributed by atoms with Gasteiger partial charge < -0.3 is 142 Å². The first kappa shape index (κ1) is 95.7. The molecular formula is C86H111Cl2N7O29. The van der Waals surface area contributed by atoms with Crippen LogP contribution in [0.2, 0.25) is 10.0 Å². The molecule has 3 fully saturated rings. The maximum atomic E-state index is 16.6. The lowest BCUT2D eigenvalue weighted by molar-refractivity contribution is -0.334. The number of primary amides is 1. The lowest BCUT2D eigenvalue weighted by atomic mass is 9.84. The van der Waals surface area contributed by atoms with E-state index in [0.29, 0.717) is 13.0 Å². The number of hydrogen-bond donors (Lipinski definition) is 20. The number of aliphatic hydroxyl groups excluding tert-OH is 10. The lowest BCUT2D eigenvalue weighted by Crippen LogP contribution is -2.65. The molecule has 8 aliphatic heterocycles. The molecule has 5 aromatic rings. The van der Waals surface area contributed by atoms with Gasteiger partial charge in [-0.2, -0.15) is 0 Å². The molecule has 0 radical (unpaired) electrons. The summed E-state index contributed by atoms with van der Waals surface area (Å²) >= 11 is 14.4. The molecule has 13 rings (SSSR count). The highest BCUT2D eigenvalue weighted by Crippen LogP contribution is 2.52. The number of amides is 5. The molecule has 0 spiro atoms. The monoisotopic (exact) mass is 1780 g/mol. The number of carbonyl (C=O) groups excluding carboxylic acids is 8. The second-order valence-electron chi connectivity index (χ2n) is 33.1. The first-order valence-electron chi connectivity index (χ1n) is 41.6. The SMILES string of the molecule is CCCCCCCCCCNC1(C)C[C@H](O[C@@H]2C(O)C(O)[C@@H](CO)O[C@H]2Oc2c3cc4cc2Oc2ccc(cc2Cl)[C@@H](O)[C@@H](NC(=O)[C@H](CC)CC(C)C)C(=O)C[C@@H](CC(N)=O)C(=O)N[C@H]4C(=O)C[C@@H]2C(=O)N[C@H](C(=O)N[C@H](OC=O)c4cc(O)c(CNC5C(O)OC(CO)[C@H](O)[C@@H]5O)c(O)c4-c4cc2ccc4O)[C@H](O)c2ccc(c(Cl)c2)O3)O[C@@H](C)[C@H]1O. The van der Waals surface area contributed by atoms with Crippen LogP contribution < -0.4 is 51.8 Å². The largest absolute Gasteiger partial charge is 0.507 e. The Kier molecular flexibility index (Phi) is 32.5. The minimum absolute atomic E-state index is 0.0403. The molecule has 23 atom stereocenters. The molecule has 5 aromatic carbocycles. The average Bonchev–Trinajstić information content (AvgIpc) is 0.770. The third-order valence-corrected chi connectivity index (χ3v) is 24.3. The second-order valence-corrected chi connectivity index (χ2v) is 33.9. The van der Waals surface area contributed by atoms with E-state index >= 15 is 24.0 Å². The number of benzene rings is 5. The van der Waals surface area contributed by atoms with E-state index in [1.165, 1.54) is 24.3 Å². The van der Waals surface area contributed by atoms with Crippen molar-refractivity contribution in [2.24, 2.45) is 23.5 Å². The molecule has 0 aromatic heterocycles. The van der Waals surface area contributed by atoms with Gasteiger partial charge in [0.1, 0.15) is 95.7 Å². The van der Waals surface area contributed by atoms with Crippen molar-refractivity contribution in [1.82, 2.24) is 31.9 Å². The number of phenolic OH excluding ortho intramolecular Hbond substituents is 3. The van der Waals surface area contributed by atoms with E-state index in [-0.39, 0.29) is 58.4 Å². The summed E-state index contributed by atoms with van der Waals surface area (Å²) in [7, 11) is 0. The van der Waals surface area contributed by atoms with E-state index in [4.69, 9.17) is 66.8 Å². The number of fused-ring (bicyclic) bond motifs is 15. The van der Waals surface area contributed by atoms with E-state index < -0.39 is 287 Å². The summed E-state index contributed by atoms with van der Waals surface area (Å²) in [6.45, 7) is 8.78. The maximum absolute atomic E-state index is 16.6. The van der Waals surface area contributed by atoms with Gasteiger partial charge in [-0.15, -0.1) is 0 Å². The van der Waals surface area contributed by atoms with Crippen LogP contribution in [0, 0.1) is 17.8 Å². The number of Topliss-reactive ketones (excluding diaryl/α,β-unsaturated/α-hetero) is 2. The topological polar surface area (TPSA) is 572 Å². The number of nitrogens with one attached hydrogen (secondary N) is 6. The summed E-state index contributed by atoms with van der Waals surface area (Å²) in [5.41, 5.74) is 1.54. The van der Waals surface area contributed by atoms with E-state index in [1.54, 1.807) is 20.8 Å². The zero-order valence-electron chi connectivity index (χ0n) is 69.2. The molecule has 11 bridgehead atoms. The van der Waals surface area contributed by atoms with Crippen LogP contribution in [0.25, 0.3) is 11.1 Å². The Hall–Kier alpha value is -9.00. The number of rotatable bonds is 28. The molecule has 5 amide bonds. The molecule has 0 aliphatic carbocycles. The van der Waals surface area contributed by atoms with Crippen molar-refractivity contribution in [3.05, 3.63) is 116 Å². The van der Waals surface area contributed by atoms with E-state index in [0.717, 1.165) is 99.9 Å². The Bertz CT molecular complexity index is 4660. The molecule has 36 nitrogen and oxygen atoms in total. The molecular weight excluding hydrogens is 1670 g/mol. The molecule has 8 aliphatic rings. The van der Waals surface area contributed by atoms with Gasteiger partial charge in [0.2, 0.25) is 47.8 Å². The summed E-state index contributed by atoms with van der Waals surface area (Å²) in [6, 6.07) is 5.32. The molecule has 124 heavy (non-hydrogen) atoms. The summed E-state index contributed by atoms with van der Waals surface area (Å²) in [4.78, 5) is 119. The quantitative estimate of drug-likeness (QED) is 0.0246. The van der Waals surface area contributed by atoms with Crippen LogP contribution in [-0.4, -0.2) is 231 Å². The lowest BCUT2D eigenvalue weighted by Gasteiger charge is -2.48. The molecule has 3 saturated heterocycles. The highest BCUT2D eigenvalue weighted by molar-refractivity contribution is 6.32. The van der Waals surface area contributed by atoms with Crippen LogP contribution in [-0.2, 0) is 68.6 Å². The van der Waals surface area contributed by atoms with Crippen molar-refractivity contribution in [3.63, 3.8) is 0 Å². The van der Waals surface area contributed by atoms with Gasteiger partial charge in [-0.3, -0.25) is 38.4 Å². The Balaban J connectivity index is 1.11.